The summed E-state index contributed by atoms with van der Waals surface area (Å²) in [6.45, 7) is 6.47. The molecule has 0 unspecified atom stereocenters. The number of ether oxygens (including phenoxy) is 1. The van der Waals surface area contributed by atoms with Gasteiger partial charge in [-0.2, -0.15) is 0 Å². The van der Waals surface area contributed by atoms with Crippen LogP contribution in [0.1, 0.15) is 27.2 Å². The second-order valence-corrected chi connectivity index (χ2v) is 9.90. The highest BCUT2D eigenvalue weighted by Crippen LogP contribution is 2.38. The minimum atomic E-state index is -3.88. The van der Waals surface area contributed by atoms with Gasteiger partial charge in [0.05, 0.1) is 22.3 Å². The van der Waals surface area contributed by atoms with Gasteiger partial charge in [0.1, 0.15) is 17.3 Å². The molecular formula is C23H25N3O4S. The maximum Gasteiger partial charge on any atom is 0.264 e. The summed E-state index contributed by atoms with van der Waals surface area (Å²) in [6, 6.07) is 13.6. The zero-order valence-corrected chi connectivity index (χ0v) is 18.6. The van der Waals surface area contributed by atoms with Gasteiger partial charge < -0.3 is 9.64 Å². The van der Waals surface area contributed by atoms with Crippen molar-refractivity contribution in [2.75, 3.05) is 22.8 Å². The first-order valence-electron chi connectivity index (χ1n) is 10.2. The topological polar surface area (TPSA) is 88.6 Å². The monoisotopic (exact) mass is 439 g/mol. The van der Waals surface area contributed by atoms with E-state index in [0.29, 0.717) is 29.2 Å². The molecule has 7 nitrogen and oxygen atoms in total. The van der Waals surface area contributed by atoms with Crippen LogP contribution in [0.4, 0.5) is 11.4 Å². The van der Waals surface area contributed by atoms with Crippen molar-refractivity contribution in [1.82, 2.24) is 4.98 Å². The smallest absolute Gasteiger partial charge is 0.264 e. The molecule has 8 heteroatoms. The summed E-state index contributed by atoms with van der Waals surface area (Å²) in [5, 5.41) is 0.742. The predicted molar refractivity (Wildman–Crippen MR) is 121 cm³/mol. The Morgan fingerprint density at radius 1 is 1.16 bits per heavy atom. The molecule has 1 amide bonds. The Morgan fingerprint density at radius 2 is 1.94 bits per heavy atom. The van der Waals surface area contributed by atoms with Crippen LogP contribution in [0.2, 0.25) is 0 Å². The second kappa shape index (κ2) is 7.85. The quantitative estimate of drug-likeness (QED) is 0.644. The molecule has 0 bridgehead atoms. The van der Waals surface area contributed by atoms with Crippen LogP contribution in [0.5, 0.6) is 5.75 Å². The van der Waals surface area contributed by atoms with Crippen LogP contribution in [-0.4, -0.2) is 32.5 Å². The molecule has 0 fully saturated rings. The Balaban J connectivity index is 1.71. The number of anilines is 2. The van der Waals surface area contributed by atoms with E-state index in [1.54, 1.807) is 41.4 Å². The maximum atomic E-state index is 13.1. The van der Waals surface area contributed by atoms with Crippen LogP contribution >= 0.6 is 0 Å². The lowest BCUT2D eigenvalue weighted by molar-refractivity contribution is -0.127. The van der Waals surface area contributed by atoms with E-state index in [2.05, 4.69) is 9.71 Å². The van der Waals surface area contributed by atoms with Crippen LogP contribution < -0.4 is 14.4 Å². The van der Waals surface area contributed by atoms with Gasteiger partial charge in [-0.25, -0.2) is 8.42 Å². The molecule has 2 heterocycles. The molecule has 1 aliphatic rings. The van der Waals surface area contributed by atoms with Gasteiger partial charge in [-0.1, -0.05) is 25.1 Å². The molecule has 3 aromatic rings. The van der Waals surface area contributed by atoms with Crippen molar-refractivity contribution >= 4 is 38.2 Å². The number of hydrogen-bond acceptors (Lipinski definition) is 5. The third-order valence-electron chi connectivity index (χ3n) is 5.25. The standard InChI is InChI=1S/C23H25N3O4S/c1-4-13-26-18-11-10-17(14-19(18)30-15-23(2,3)22(26)27)25-31(28,29)20-9-5-7-16-8-6-12-24-21(16)20/h5-12,14,25H,4,13,15H2,1-3H3. The van der Waals surface area contributed by atoms with Gasteiger partial charge in [0.25, 0.3) is 10.0 Å². The average Bonchev–Trinajstić information content (AvgIpc) is 2.83. The van der Waals surface area contributed by atoms with Crippen molar-refractivity contribution in [2.24, 2.45) is 5.41 Å². The number of nitrogens with zero attached hydrogens (tertiary/aromatic N) is 2. The zero-order valence-electron chi connectivity index (χ0n) is 17.8. The number of fused-ring (bicyclic) bond motifs is 2. The summed E-state index contributed by atoms with van der Waals surface area (Å²) in [5.74, 6) is 0.465. The number of hydrogen-bond donors (Lipinski definition) is 1. The molecule has 162 valence electrons. The van der Waals surface area contributed by atoms with Crippen LogP contribution in [0.15, 0.2) is 59.6 Å². The number of carbonyl (C=O) groups excluding carboxylic acids is 1. The van der Waals surface area contributed by atoms with Gasteiger partial charge in [0, 0.05) is 24.2 Å². The largest absolute Gasteiger partial charge is 0.490 e. The number of benzene rings is 2. The first kappa shape index (κ1) is 21.1. The fraction of sp³-hybridized carbons (Fsp3) is 0.304. The van der Waals surface area contributed by atoms with E-state index < -0.39 is 15.4 Å². The third-order valence-corrected chi connectivity index (χ3v) is 6.66. The average molecular weight is 440 g/mol. The minimum Gasteiger partial charge on any atom is -0.490 e. The molecule has 0 radical (unpaired) electrons. The number of para-hydroxylation sites is 1. The van der Waals surface area contributed by atoms with E-state index in [4.69, 9.17) is 4.74 Å². The van der Waals surface area contributed by atoms with Crippen molar-refractivity contribution in [3.8, 4) is 5.75 Å². The summed E-state index contributed by atoms with van der Waals surface area (Å²) in [5.41, 5.74) is 0.732. The van der Waals surface area contributed by atoms with Gasteiger partial charge in [-0.3, -0.25) is 14.5 Å². The van der Waals surface area contributed by atoms with Gasteiger partial charge in [0.15, 0.2) is 0 Å². The Bertz CT molecular complexity index is 1250. The van der Waals surface area contributed by atoms with Gasteiger partial charge in [0.2, 0.25) is 5.91 Å². The molecular weight excluding hydrogens is 414 g/mol. The molecule has 31 heavy (non-hydrogen) atoms. The molecule has 1 N–H and O–H groups in total. The second-order valence-electron chi connectivity index (χ2n) is 8.25. The molecule has 0 saturated heterocycles. The van der Waals surface area contributed by atoms with Gasteiger partial charge in [-0.15, -0.1) is 0 Å². The highest BCUT2D eigenvalue weighted by molar-refractivity contribution is 7.93. The summed E-state index contributed by atoms with van der Waals surface area (Å²) >= 11 is 0. The minimum absolute atomic E-state index is 0.0109. The number of aromatic nitrogens is 1. The maximum absolute atomic E-state index is 13.1. The van der Waals surface area contributed by atoms with E-state index in [9.17, 15) is 13.2 Å². The molecule has 0 atom stereocenters. The summed E-state index contributed by atoms with van der Waals surface area (Å²) in [4.78, 5) is 19.0. The fourth-order valence-electron chi connectivity index (χ4n) is 3.66. The van der Waals surface area contributed by atoms with Crippen molar-refractivity contribution in [2.45, 2.75) is 32.1 Å². The van der Waals surface area contributed by atoms with Crippen molar-refractivity contribution in [1.29, 1.82) is 0 Å². The van der Waals surface area contributed by atoms with Crippen LogP contribution in [0.25, 0.3) is 10.9 Å². The first-order chi connectivity index (χ1) is 14.7. The number of pyridine rings is 1. The third kappa shape index (κ3) is 3.95. The summed E-state index contributed by atoms with van der Waals surface area (Å²) in [7, 11) is -3.88. The Labute approximate surface area is 182 Å². The van der Waals surface area contributed by atoms with Crippen molar-refractivity contribution in [3.63, 3.8) is 0 Å². The molecule has 2 aromatic carbocycles. The molecule has 0 saturated carbocycles. The lowest BCUT2D eigenvalue weighted by Gasteiger charge is -2.27. The van der Waals surface area contributed by atoms with Crippen LogP contribution in [0.3, 0.4) is 0 Å². The summed E-state index contributed by atoms with van der Waals surface area (Å²) < 4.78 is 34.8. The first-order valence-corrected chi connectivity index (χ1v) is 11.7. The zero-order chi connectivity index (χ0) is 22.2. The van der Waals surface area contributed by atoms with Gasteiger partial charge in [-0.05, 0) is 44.5 Å². The van der Waals surface area contributed by atoms with E-state index in [1.807, 2.05) is 32.9 Å². The van der Waals surface area contributed by atoms with Gasteiger partial charge >= 0.3 is 0 Å². The fourth-order valence-corrected chi connectivity index (χ4v) is 4.89. The van der Waals surface area contributed by atoms with E-state index in [1.165, 1.54) is 6.07 Å². The van der Waals surface area contributed by atoms with Crippen molar-refractivity contribution in [3.05, 3.63) is 54.7 Å². The predicted octanol–water partition coefficient (Wildman–Crippen LogP) is 4.20. The highest BCUT2D eigenvalue weighted by Gasteiger charge is 2.37. The Kier molecular flexibility index (Phi) is 5.35. The number of carbonyl (C=O) groups is 1. The van der Waals surface area contributed by atoms with E-state index in [-0.39, 0.29) is 17.4 Å². The van der Waals surface area contributed by atoms with E-state index in [0.717, 1.165) is 11.8 Å². The molecule has 4 rings (SSSR count). The number of amides is 1. The molecule has 0 spiro atoms. The Morgan fingerprint density at radius 3 is 2.71 bits per heavy atom. The Hall–Kier alpha value is -3.13. The van der Waals surface area contributed by atoms with E-state index >= 15 is 0 Å². The molecule has 0 aliphatic carbocycles. The SMILES string of the molecule is CCCN1C(=O)C(C)(C)COc2cc(NS(=O)(=O)c3cccc4cccnc34)ccc21. The summed E-state index contributed by atoms with van der Waals surface area (Å²) in [6.07, 6.45) is 2.36. The number of rotatable bonds is 5. The molecule has 1 aliphatic heterocycles. The number of sulfonamides is 1. The van der Waals surface area contributed by atoms with Crippen molar-refractivity contribution < 1.29 is 17.9 Å². The molecule has 1 aromatic heterocycles. The lowest BCUT2D eigenvalue weighted by atomic mass is 9.93. The number of nitrogens with one attached hydrogen (secondary N) is 1. The normalized spacial score (nSPS) is 15.8. The van der Waals surface area contributed by atoms with Crippen LogP contribution in [0, 0.1) is 5.41 Å². The lowest BCUT2D eigenvalue weighted by Crippen LogP contribution is -2.42. The highest BCUT2D eigenvalue weighted by atomic mass is 32.2. The van der Waals surface area contributed by atoms with Crippen LogP contribution in [-0.2, 0) is 14.8 Å².